The van der Waals surface area contributed by atoms with Gasteiger partial charge < -0.3 is 28.1 Å². The largest absolute Gasteiger partial charge is 0.414 e. The molecule has 11 nitrogen and oxygen atoms in total. The Morgan fingerprint density at radius 1 is 0.960 bits per heavy atom. The van der Waals surface area contributed by atoms with Crippen molar-refractivity contribution in [3.63, 3.8) is 0 Å². The molecule has 2 N–H and O–H groups in total. The second kappa shape index (κ2) is 15.9. The van der Waals surface area contributed by atoms with Crippen LogP contribution in [0.1, 0.15) is 99.7 Å². The minimum absolute atomic E-state index is 0.000226. The Kier molecular flexibility index (Phi) is 12.8. The lowest BCUT2D eigenvalue weighted by Gasteiger charge is -2.51. The standard InChI is InChI=1S/C37H58N4O7Si2/c1-24(2)40(25(3)4)21-16-20-37(44)33-31(23-45-49(26(5)6,27(7)8)48-50(47-33,28(9)10)29(11)12)46-35(37)41-22-19-32(39-36(41)43)38-34(42)30-17-14-13-15-18-30/h13-15,17-19,22,24-29,31,33,35,44H,21,23H2,1-12H3,(H,38,39,42,43)/t31-,33+,35-,37?/m1/s1. The molecule has 0 aliphatic carbocycles. The average molecular weight is 727 g/mol. The third kappa shape index (κ3) is 7.88. The molecule has 1 unspecified atom stereocenters. The summed E-state index contributed by atoms with van der Waals surface area (Å²) in [6.07, 6.45) is -1.56. The van der Waals surface area contributed by atoms with Crippen LogP contribution in [0, 0.1) is 11.8 Å². The first-order valence-corrected chi connectivity index (χ1v) is 21.9. The predicted octanol–water partition coefficient (Wildman–Crippen LogP) is 6.20. The Bertz CT molecular complexity index is 1560. The molecule has 2 aromatic rings. The number of carbonyl (C=O) groups excluding carboxylic acids is 1. The van der Waals surface area contributed by atoms with E-state index >= 15 is 0 Å². The molecule has 50 heavy (non-hydrogen) atoms. The number of fused-ring (bicyclic) bond motifs is 1. The summed E-state index contributed by atoms with van der Waals surface area (Å²) in [4.78, 5) is 32.9. The van der Waals surface area contributed by atoms with Crippen LogP contribution < -0.4 is 11.0 Å². The van der Waals surface area contributed by atoms with Gasteiger partial charge in [0.15, 0.2) is 11.8 Å². The smallest absolute Gasteiger partial charge is 0.351 e. The lowest BCUT2D eigenvalue weighted by molar-refractivity contribution is -0.0750. The number of carbonyl (C=O) groups is 1. The Balaban J connectivity index is 1.84. The summed E-state index contributed by atoms with van der Waals surface area (Å²) in [5.74, 6) is 6.06. The Labute approximate surface area is 300 Å². The van der Waals surface area contributed by atoms with E-state index in [0.29, 0.717) is 12.1 Å². The number of hydrogen-bond acceptors (Lipinski definition) is 9. The van der Waals surface area contributed by atoms with E-state index in [2.05, 4.69) is 110 Å². The zero-order chi connectivity index (χ0) is 37.2. The van der Waals surface area contributed by atoms with Gasteiger partial charge in [-0.1, -0.05) is 85.4 Å². The van der Waals surface area contributed by atoms with Crippen LogP contribution in [0.25, 0.3) is 0 Å². The SMILES string of the molecule is CC(C)N(CC#CC1(O)[C@H]2O[Si](C(C)C)(C(C)C)O[Si](C(C)C)(C(C)C)OC[C@H]2O[C@H]1n1ccc(NC(=O)c2ccccc2)nc1=O)C(C)C. The molecule has 276 valence electrons. The highest BCUT2D eigenvalue weighted by molar-refractivity contribution is 6.84. The van der Waals surface area contributed by atoms with E-state index in [-0.39, 0.29) is 46.7 Å². The number of nitrogens with zero attached hydrogens (tertiary/aromatic N) is 3. The topological polar surface area (TPSA) is 124 Å². The molecule has 1 amide bonds. The van der Waals surface area contributed by atoms with Gasteiger partial charge in [-0.2, -0.15) is 4.98 Å². The molecule has 2 fully saturated rings. The summed E-state index contributed by atoms with van der Waals surface area (Å²) in [5.41, 5.74) is -2.03. The van der Waals surface area contributed by atoms with Crippen LogP contribution in [-0.2, 0) is 17.7 Å². The normalized spacial score (nSPS) is 24.8. The first-order chi connectivity index (χ1) is 23.4. The van der Waals surface area contributed by atoms with Crippen molar-refractivity contribution >= 4 is 28.8 Å². The first-order valence-electron chi connectivity index (χ1n) is 18.0. The summed E-state index contributed by atoms with van der Waals surface area (Å²) in [7, 11) is -6.09. The maximum atomic E-state index is 13.7. The Morgan fingerprint density at radius 3 is 2.06 bits per heavy atom. The molecule has 2 saturated heterocycles. The molecular formula is C37H58N4O7Si2. The van der Waals surface area contributed by atoms with Crippen LogP contribution >= 0.6 is 0 Å². The second-order valence-electron chi connectivity index (χ2n) is 15.3. The van der Waals surface area contributed by atoms with Crippen molar-refractivity contribution in [2.45, 2.75) is 141 Å². The summed E-state index contributed by atoms with van der Waals surface area (Å²) in [6, 6.07) is 10.6. The number of hydrogen-bond donors (Lipinski definition) is 2. The van der Waals surface area contributed by atoms with E-state index in [1.807, 2.05) is 6.07 Å². The molecule has 13 heteroatoms. The number of amides is 1. The van der Waals surface area contributed by atoms with Crippen molar-refractivity contribution in [1.29, 1.82) is 0 Å². The summed E-state index contributed by atoms with van der Waals surface area (Å²) < 4.78 is 29.4. The van der Waals surface area contributed by atoms with E-state index in [9.17, 15) is 14.7 Å². The highest BCUT2D eigenvalue weighted by atomic mass is 28.5. The molecule has 0 spiro atoms. The predicted molar refractivity (Wildman–Crippen MR) is 200 cm³/mol. The minimum Gasteiger partial charge on any atom is -0.414 e. The van der Waals surface area contributed by atoms with Gasteiger partial charge in [-0.3, -0.25) is 14.3 Å². The number of rotatable bonds is 10. The lowest BCUT2D eigenvalue weighted by atomic mass is 9.94. The van der Waals surface area contributed by atoms with Crippen molar-refractivity contribution in [2.75, 3.05) is 18.5 Å². The molecule has 0 bridgehead atoms. The molecule has 4 rings (SSSR count). The van der Waals surface area contributed by atoms with Gasteiger partial charge in [-0.15, -0.1) is 0 Å². The molecule has 4 atom stereocenters. The quantitative estimate of drug-likeness (QED) is 0.218. The van der Waals surface area contributed by atoms with Crippen molar-refractivity contribution in [3.05, 3.63) is 58.6 Å². The number of aromatic nitrogens is 2. The summed E-state index contributed by atoms with van der Waals surface area (Å²) in [5, 5.41) is 15.5. The van der Waals surface area contributed by atoms with E-state index in [4.69, 9.17) is 17.7 Å². The van der Waals surface area contributed by atoms with Gasteiger partial charge >= 0.3 is 22.8 Å². The van der Waals surface area contributed by atoms with E-state index in [0.717, 1.165) is 0 Å². The molecule has 1 aromatic carbocycles. The van der Waals surface area contributed by atoms with Gasteiger partial charge in [0, 0.05) is 23.8 Å². The van der Waals surface area contributed by atoms with Gasteiger partial charge in [0.1, 0.15) is 18.0 Å². The molecule has 2 aliphatic heterocycles. The van der Waals surface area contributed by atoms with E-state index < -0.39 is 52.8 Å². The molecular weight excluding hydrogens is 669 g/mol. The number of nitrogens with one attached hydrogen (secondary N) is 1. The van der Waals surface area contributed by atoms with Crippen LogP contribution in [0.5, 0.6) is 0 Å². The number of ether oxygens (including phenoxy) is 1. The van der Waals surface area contributed by atoms with Crippen molar-refractivity contribution in [1.82, 2.24) is 14.5 Å². The van der Waals surface area contributed by atoms with Gasteiger partial charge in [0.25, 0.3) is 5.91 Å². The minimum atomic E-state index is -3.19. The maximum Gasteiger partial charge on any atom is 0.351 e. The maximum absolute atomic E-state index is 13.7. The first kappa shape index (κ1) is 40.1. The van der Waals surface area contributed by atoms with Gasteiger partial charge in [-0.05, 0) is 68.1 Å². The van der Waals surface area contributed by atoms with Crippen LogP contribution in [-0.4, -0.2) is 85.6 Å². The summed E-state index contributed by atoms with van der Waals surface area (Å²) in [6.45, 7) is 25.9. The van der Waals surface area contributed by atoms with Crippen molar-refractivity contribution < 1.29 is 27.6 Å². The summed E-state index contributed by atoms with van der Waals surface area (Å²) >= 11 is 0. The fourth-order valence-corrected chi connectivity index (χ4v) is 18.5. The van der Waals surface area contributed by atoms with Crippen molar-refractivity contribution in [2.24, 2.45) is 0 Å². The Morgan fingerprint density at radius 2 is 1.54 bits per heavy atom. The van der Waals surface area contributed by atoms with Gasteiger partial charge in [0.05, 0.1) is 13.2 Å². The zero-order valence-electron chi connectivity index (χ0n) is 31.9. The molecule has 2 aliphatic rings. The van der Waals surface area contributed by atoms with Crippen LogP contribution in [0.3, 0.4) is 0 Å². The van der Waals surface area contributed by atoms with Gasteiger partial charge in [-0.25, -0.2) is 4.79 Å². The fraction of sp³-hybridized carbons (Fsp3) is 0.649. The Hall–Kier alpha value is -2.68. The highest BCUT2D eigenvalue weighted by Crippen LogP contribution is 2.50. The molecule has 1 aromatic heterocycles. The molecule has 0 radical (unpaired) electrons. The van der Waals surface area contributed by atoms with Crippen LogP contribution in [0.4, 0.5) is 5.82 Å². The van der Waals surface area contributed by atoms with Crippen LogP contribution in [0.2, 0.25) is 22.2 Å². The van der Waals surface area contributed by atoms with E-state index in [1.165, 1.54) is 16.8 Å². The monoisotopic (exact) mass is 726 g/mol. The van der Waals surface area contributed by atoms with E-state index in [1.54, 1.807) is 24.3 Å². The second-order valence-corrected chi connectivity index (χ2v) is 24.2. The molecule has 0 saturated carbocycles. The van der Waals surface area contributed by atoms with Crippen LogP contribution in [0.15, 0.2) is 47.4 Å². The average Bonchev–Trinajstić information content (AvgIpc) is 3.28. The lowest BCUT2D eigenvalue weighted by Crippen LogP contribution is -2.67. The highest BCUT2D eigenvalue weighted by Gasteiger charge is 2.65. The third-order valence-electron chi connectivity index (χ3n) is 10.0. The third-order valence-corrected chi connectivity index (χ3v) is 20.2. The zero-order valence-corrected chi connectivity index (χ0v) is 33.9. The number of benzene rings is 1. The van der Waals surface area contributed by atoms with Gasteiger partial charge in [0.2, 0.25) is 0 Å². The number of anilines is 1. The fourth-order valence-electron chi connectivity index (χ4n) is 7.26. The number of aliphatic hydroxyl groups is 1. The molecule has 3 heterocycles. The van der Waals surface area contributed by atoms with Crippen molar-refractivity contribution in [3.8, 4) is 11.8 Å².